The average molecular weight is 329 g/mol. The molecule has 0 bridgehead atoms. The van der Waals surface area contributed by atoms with Crippen molar-refractivity contribution in [3.8, 4) is 0 Å². The minimum Gasteiger partial charge on any atom is -0.332 e. The molecule has 0 saturated heterocycles. The van der Waals surface area contributed by atoms with E-state index >= 15 is 0 Å². The van der Waals surface area contributed by atoms with Crippen molar-refractivity contribution in [3.63, 3.8) is 0 Å². The Morgan fingerprint density at radius 2 is 1.74 bits per heavy atom. The summed E-state index contributed by atoms with van der Waals surface area (Å²) in [6, 6.07) is 15.5. The third kappa shape index (κ3) is 5.48. The Hall–Kier alpha value is -2.80. The second-order valence-electron chi connectivity index (χ2n) is 4.79. The van der Waals surface area contributed by atoms with Crippen molar-refractivity contribution in [2.75, 3.05) is 5.32 Å². The Morgan fingerprint density at radius 1 is 1.09 bits per heavy atom. The highest BCUT2D eigenvalue weighted by Crippen LogP contribution is 2.15. The maximum Gasteiger partial charge on any atom is 0.269 e. The van der Waals surface area contributed by atoms with Gasteiger partial charge in [-0.05, 0) is 36.3 Å². The van der Waals surface area contributed by atoms with Gasteiger partial charge in [-0.2, -0.15) is 0 Å². The van der Waals surface area contributed by atoms with Gasteiger partial charge in [0.1, 0.15) is 0 Å². The first-order valence-corrected chi connectivity index (χ1v) is 7.34. The number of aryl methyl sites for hydroxylation is 1. The number of hydrogen-bond donors (Lipinski definition) is 2. The number of rotatable bonds is 5. The highest BCUT2D eigenvalue weighted by Gasteiger charge is 2.07. The summed E-state index contributed by atoms with van der Waals surface area (Å²) < 4.78 is 0. The Bertz CT molecular complexity index is 702. The molecule has 1 amide bonds. The van der Waals surface area contributed by atoms with E-state index in [2.05, 4.69) is 10.6 Å². The van der Waals surface area contributed by atoms with Gasteiger partial charge < -0.3 is 10.6 Å². The monoisotopic (exact) mass is 329 g/mol. The summed E-state index contributed by atoms with van der Waals surface area (Å²) >= 11 is 5.05. The van der Waals surface area contributed by atoms with Crippen LogP contribution in [0.25, 0.3) is 0 Å². The minimum atomic E-state index is -0.479. The number of carbonyl (C=O) groups excluding carboxylic acids is 1. The molecule has 0 aliphatic heterocycles. The fourth-order valence-electron chi connectivity index (χ4n) is 1.92. The van der Waals surface area contributed by atoms with Crippen LogP contribution in [-0.2, 0) is 11.2 Å². The highest BCUT2D eigenvalue weighted by molar-refractivity contribution is 7.80. The van der Waals surface area contributed by atoms with E-state index in [1.54, 1.807) is 0 Å². The number of nitrogens with one attached hydrogen (secondary N) is 2. The molecule has 23 heavy (non-hydrogen) atoms. The van der Waals surface area contributed by atoms with Crippen molar-refractivity contribution in [1.82, 2.24) is 5.32 Å². The number of benzene rings is 2. The minimum absolute atomic E-state index is 0.00614. The summed E-state index contributed by atoms with van der Waals surface area (Å²) in [5.74, 6) is -0.187. The van der Waals surface area contributed by atoms with Crippen molar-refractivity contribution in [2.24, 2.45) is 0 Å². The molecule has 0 radical (unpaired) electrons. The van der Waals surface area contributed by atoms with Crippen LogP contribution in [0.15, 0.2) is 54.6 Å². The van der Waals surface area contributed by atoms with E-state index in [1.807, 2.05) is 30.3 Å². The van der Waals surface area contributed by atoms with Gasteiger partial charge in [0, 0.05) is 24.2 Å². The fourth-order valence-corrected chi connectivity index (χ4v) is 2.15. The molecular formula is C16H15N3O3S. The van der Waals surface area contributed by atoms with Gasteiger partial charge in [0.25, 0.3) is 5.69 Å². The molecule has 2 N–H and O–H groups in total. The molecule has 7 heteroatoms. The molecule has 0 heterocycles. The van der Waals surface area contributed by atoms with Crippen molar-refractivity contribution >= 4 is 34.6 Å². The van der Waals surface area contributed by atoms with Gasteiger partial charge >= 0.3 is 0 Å². The van der Waals surface area contributed by atoms with Crippen LogP contribution in [-0.4, -0.2) is 15.9 Å². The van der Waals surface area contributed by atoms with Crippen LogP contribution in [0.3, 0.4) is 0 Å². The van der Waals surface area contributed by atoms with Crippen LogP contribution in [0.5, 0.6) is 0 Å². The Balaban J connectivity index is 1.79. The first-order valence-electron chi connectivity index (χ1n) is 6.94. The zero-order valence-electron chi connectivity index (χ0n) is 12.2. The van der Waals surface area contributed by atoms with Crippen molar-refractivity contribution in [2.45, 2.75) is 12.8 Å². The highest BCUT2D eigenvalue weighted by atomic mass is 32.1. The maximum absolute atomic E-state index is 11.8. The number of nitro groups is 1. The molecular weight excluding hydrogens is 314 g/mol. The number of anilines is 1. The first-order chi connectivity index (χ1) is 11.0. The van der Waals surface area contributed by atoms with Crippen molar-refractivity contribution < 1.29 is 9.72 Å². The molecule has 2 aromatic carbocycles. The molecule has 0 aromatic heterocycles. The summed E-state index contributed by atoms with van der Waals surface area (Å²) in [6.07, 6.45) is 0.957. The second-order valence-corrected chi connectivity index (χ2v) is 5.20. The second kappa shape index (κ2) is 8.00. The zero-order valence-corrected chi connectivity index (χ0v) is 13.0. The van der Waals surface area contributed by atoms with Gasteiger partial charge in [0.2, 0.25) is 5.91 Å². The maximum atomic E-state index is 11.8. The normalized spacial score (nSPS) is 9.91. The number of nitrogens with zero attached hydrogens (tertiary/aromatic N) is 1. The van der Waals surface area contributed by atoms with E-state index in [1.165, 1.54) is 24.3 Å². The summed E-state index contributed by atoms with van der Waals surface area (Å²) in [5.41, 5.74) is 1.65. The van der Waals surface area contributed by atoms with E-state index in [-0.39, 0.29) is 16.7 Å². The van der Waals surface area contributed by atoms with E-state index in [9.17, 15) is 14.9 Å². The Morgan fingerprint density at radius 3 is 2.35 bits per heavy atom. The predicted molar refractivity (Wildman–Crippen MR) is 92.2 cm³/mol. The van der Waals surface area contributed by atoms with Crippen LogP contribution in [0.2, 0.25) is 0 Å². The molecule has 2 rings (SSSR count). The summed E-state index contributed by atoms with van der Waals surface area (Å²) in [4.78, 5) is 21.9. The van der Waals surface area contributed by atoms with E-state index in [0.29, 0.717) is 18.5 Å². The number of carbonyl (C=O) groups is 1. The SMILES string of the molecule is O=C(CCc1ccccc1)NC(=S)Nc1ccc([N+](=O)[O-])cc1. The number of nitro benzene ring substituents is 1. The zero-order chi connectivity index (χ0) is 16.7. The van der Waals surface area contributed by atoms with Gasteiger partial charge in [-0.15, -0.1) is 0 Å². The quantitative estimate of drug-likeness (QED) is 0.500. The number of thiocarbonyl (C=S) groups is 1. The molecule has 0 fully saturated rings. The summed E-state index contributed by atoms with van der Waals surface area (Å²) in [5, 5.41) is 16.1. The lowest BCUT2D eigenvalue weighted by atomic mass is 10.1. The van der Waals surface area contributed by atoms with Gasteiger partial charge in [-0.25, -0.2) is 0 Å². The lowest BCUT2D eigenvalue weighted by Gasteiger charge is -2.09. The van der Waals surface area contributed by atoms with Crippen LogP contribution < -0.4 is 10.6 Å². The Kier molecular flexibility index (Phi) is 5.76. The van der Waals surface area contributed by atoms with Crippen LogP contribution in [0.1, 0.15) is 12.0 Å². The molecule has 2 aromatic rings. The van der Waals surface area contributed by atoms with Crippen molar-refractivity contribution in [1.29, 1.82) is 0 Å². The van der Waals surface area contributed by atoms with E-state index in [0.717, 1.165) is 5.56 Å². The van der Waals surface area contributed by atoms with E-state index in [4.69, 9.17) is 12.2 Å². The fraction of sp³-hybridized carbons (Fsp3) is 0.125. The van der Waals surface area contributed by atoms with Crippen LogP contribution in [0, 0.1) is 10.1 Å². The van der Waals surface area contributed by atoms with Gasteiger partial charge in [0.15, 0.2) is 5.11 Å². The summed E-state index contributed by atoms with van der Waals surface area (Å²) in [7, 11) is 0. The summed E-state index contributed by atoms with van der Waals surface area (Å²) in [6.45, 7) is 0. The Labute approximate surface area is 138 Å². The molecule has 0 aliphatic rings. The topological polar surface area (TPSA) is 84.3 Å². The van der Waals surface area contributed by atoms with Gasteiger partial charge in [0.05, 0.1) is 4.92 Å². The van der Waals surface area contributed by atoms with Crippen LogP contribution >= 0.6 is 12.2 Å². The molecule has 0 saturated carbocycles. The molecule has 0 aliphatic carbocycles. The molecule has 0 spiro atoms. The number of non-ortho nitro benzene ring substituents is 1. The van der Waals surface area contributed by atoms with Crippen molar-refractivity contribution in [3.05, 3.63) is 70.3 Å². The standard InChI is InChI=1S/C16H15N3O3S/c20-15(11-6-12-4-2-1-3-5-12)18-16(23)17-13-7-9-14(10-8-13)19(21)22/h1-5,7-10H,6,11H2,(H2,17,18,20,23). The lowest BCUT2D eigenvalue weighted by Crippen LogP contribution is -2.34. The first kappa shape index (κ1) is 16.6. The predicted octanol–water partition coefficient (Wildman–Crippen LogP) is 3.04. The molecule has 118 valence electrons. The molecule has 6 nitrogen and oxygen atoms in total. The van der Waals surface area contributed by atoms with Gasteiger partial charge in [-0.1, -0.05) is 30.3 Å². The number of hydrogen-bond acceptors (Lipinski definition) is 4. The largest absolute Gasteiger partial charge is 0.332 e. The molecule has 0 atom stereocenters. The average Bonchev–Trinajstić information content (AvgIpc) is 2.54. The lowest BCUT2D eigenvalue weighted by molar-refractivity contribution is -0.384. The molecule has 0 unspecified atom stereocenters. The number of amides is 1. The third-order valence-electron chi connectivity index (χ3n) is 3.07. The van der Waals surface area contributed by atoms with Crippen LogP contribution in [0.4, 0.5) is 11.4 Å². The van der Waals surface area contributed by atoms with Gasteiger partial charge in [-0.3, -0.25) is 14.9 Å². The smallest absolute Gasteiger partial charge is 0.269 e. The van der Waals surface area contributed by atoms with E-state index < -0.39 is 4.92 Å². The third-order valence-corrected chi connectivity index (χ3v) is 3.28.